The van der Waals surface area contributed by atoms with Crippen molar-refractivity contribution < 1.29 is 83.9 Å². The van der Waals surface area contributed by atoms with E-state index in [1.54, 1.807) is 6.08 Å². The molecular weight excluding hydrogens is 820 g/mol. The Morgan fingerprint density at radius 2 is 1.02 bits per heavy atom. The molecule has 0 unspecified atom stereocenters. The molecule has 0 aromatic heterocycles. The van der Waals surface area contributed by atoms with E-state index in [1.165, 1.54) is 24.9 Å². The van der Waals surface area contributed by atoms with Gasteiger partial charge in [-0.25, -0.2) is 0 Å². The SMILES string of the molecule is CO[C@@H]1O[C@H](CO[C@@H]2O[C@H](CSC/C=C/CO[C@@H]3O[C@H](CO)[C@@H](O)[C@H](O[C@@H]4O[C@H](CO)[C@@H](O)[C@H](O)[C@H]4N=[N+]=[N-])[C@H]3N=[N+]=[N-])[C@@H](O)[C@H](O)[C@H]2N=[N+]=[N-])[C@@H](O)[C@H](O)[C@H]1N=[N+]=[N-]. The molecule has 9 N–H and O–H groups in total. The lowest BCUT2D eigenvalue weighted by atomic mass is 9.95. The highest BCUT2D eigenvalue weighted by Gasteiger charge is 2.52. The first kappa shape index (κ1) is 48.3. The number of thioether (sulfide) groups is 1. The number of aliphatic hydroxyl groups is 9. The molecule has 59 heavy (non-hydrogen) atoms. The highest BCUT2D eigenvalue weighted by molar-refractivity contribution is 7.99. The minimum absolute atomic E-state index is 0.0653. The Hall–Kier alpha value is -3.35. The van der Waals surface area contributed by atoms with Crippen molar-refractivity contribution >= 4 is 11.8 Å². The van der Waals surface area contributed by atoms with Crippen LogP contribution in [-0.2, 0) is 37.9 Å². The van der Waals surface area contributed by atoms with E-state index < -0.39 is 142 Å². The number of ether oxygens (including phenoxy) is 8. The van der Waals surface area contributed by atoms with Crippen molar-refractivity contribution in [3.05, 3.63) is 53.9 Å². The van der Waals surface area contributed by atoms with Gasteiger partial charge in [0, 0.05) is 38.3 Å². The lowest BCUT2D eigenvalue weighted by Gasteiger charge is -2.46. The number of nitrogens with zero attached hydrogens (tertiary/aromatic N) is 12. The zero-order valence-electron chi connectivity index (χ0n) is 31.0. The molecule has 0 aromatic rings. The van der Waals surface area contributed by atoms with Gasteiger partial charge in [0.15, 0.2) is 25.2 Å². The summed E-state index contributed by atoms with van der Waals surface area (Å²) in [6, 6.07) is -5.74. The first-order chi connectivity index (χ1) is 28.4. The number of hydrogen-bond acceptors (Lipinski definition) is 22. The number of hydrogen-bond donors (Lipinski definition) is 9. The summed E-state index contributed by atoms with van der Waals surface area (Å²) in [6.07, 6.45) is -20.7. The van der Waals surface area contributed by atoms with Gasteiger partial charge in [-0.3, -0.25) is 0 Å². The summed E-state index contributed by atoms with van der Waals surface area (Å²) in [5.74, 6) is 0.340. The topological polar surface area (TPSA) is 451 Å². The fraction of sp³-hybridized carbons (Fsp3) is 0.931. The van der Waals surface area contributed by atoms with Crippen molar-refractivity contribution in [2.45, 2.75) is 123 Å². The minimum atomic E-state index is -1.76. The Kier molecular flexibility index (Phi) is 19.3. The van der Waals surface area contributed by atoms with Crippen molar-refractivity contribution in [3.63, 3.8) is 0 Å². The molecule has 0 spiro atoms. The average Bonchev–Trinajstić information content (AvgIpc) is 3.23. The molecule has 0 aromatic carbocycles. The number of azide groups is 4. The van der Waals surface area contributed by atoms with Gasteiger partial charge >= 0.3 is 0 Å². The van der Waals surface area contributed by atoms with Gasteiger partial charge in [0.1, 0.15) is 73.0 Å². The molecule has 20 atom stereocenters. The molecule has 30 heteroatoms. The summed E-state index contributed by atoms with van der Waals surface area (Å²) < 4.78 is 44.9. The van der Waals surface area contributed by atoms with Crippen LogP contribution in [0.2, 0.25) is 0 Å². The molecule has 29 nitrogen and oxygen atoms in total. The third-order valence-corrected chi connectivity index (χ3v) is 10.7. The zero-order chi connectivity index (χ0) is 43.2. The molecule has 4 saturated heterocycles. The van der Waals surface area contributed by atoms with E-state index in [0.29, 0.717) is 0 Å². The molecule has 4 heterocycles. The monoisotopic (exact) mass is 866 g/mol. The average molecular weight is 867 g/mol. The predicted octanol–water partition coefficient (Wildman–Crippen LogP) is -2.53. The van der Waals surface area contributed by atoms with E-state index in [9.17, 15) is 51.5 Å². The van der Waals surface area contributed by atoms with Crippen LogP contribution in [0.15, 0.2) is 32.6 Å². The molecule has 0 bridgehead atoms. The highest BCUT2D eigenvalue weighted by atomic mass is 32.2. The summed E-state index contributed by atoms with van der Waals surface area (Å²) in [5.41, 5.74) is 36.2. The molecular formula is C29H46N12O17S. The van der Waals surface area contributed by atoms with Gasteiger partial charge in [-0.2, -0.15) is 11.8 Å². The van der Waals surface area contributed by atoms with E-state index in [4.69, 9.17) is 54.5 Å². The second-order valence-corrected chi connectivity index (χ2v) is 14.3. The van der Waals surface area contributed by atoms with E-state index in [0.717, 1.165) is 0 Å². The first-order valence-electron chi connectivity index (χ1n) is 17.8. The van der Waals surface area contributed by atoms with Gasteiger partial charge in [-0.1, -0.05) is 32.6 Å². The van der Waals surface area contributed by atoms with Crippen LogP contribution < -0.4 is 0 Å². The molecule has 4 fully saturated rings. The van der Waals surface area contributed by atoms with E-state index >= 15 is 0 Å². The van der Waals surface area contributed by atoms with Crippen LogP contribution >= 0.6 is 11.8 Å². The van der Waals surface area contributed by atoms with Crippen LogP contribution in [0, 0.1) is 0 Å². The largest absolute Gasteiger partial charge is 0.394 e. The molecule has 0 radical (unpaired) electrons. The van der Waals surface area contributed by atoms with Crippen LogP contribution in [0.1, 0.15) is 0 Å². The molecule has 4 aliphatic rings. The number of aliphatic hydroxyl groups excluding tert-OH is 9. The maximum atomic E-state index is 11.0. The van der Waals surface area contributed by atoms with Crippen LogP contribution in [0.4, 0.5) is 0 Å². The minimum Gasteiger partial charge on any atom is -0.394 e. The Labute approximate surface area is 337 Å². The van der Waals surface area contributed by atoms with Crippen LogP contribution in [0.3, 0.4) is 0 Å². The van der Waals surface area contributed by atoms with Gasteiger partial charge in [-0.05, 0) is 22.1 Å². The summed E-state index contributed by atoms with van der Waals surface area (Å²) in [7, 11) is 1.23. The Balaban J connectivity index is 1.34. The van der Waals surface area contributed by atoms with Gasteiger partial charge in [0.25, 0.3) is 0 Å². The Bertz CT molecular complexity index is 1570. The standard InChI is InChI=1S/C29H46N12O17S/c1-51-26-14(34-38-30)22(48)19(45)12(56-26)8-53-27-15(35-39-31)23(49)20(46)13(57-27)9-59-5-3-2-4-52-28-17(37-41-33)25(21(47)11(7-43)54-28)58-29-16(36-40-32)24(50)18(44)10(6-42)55-29/h2-3,10-29,42-50H,4-9H2,1H3/b3-2+/t10-,11-,12-,13-,14-,15-,16-,17-,18-,19-,20-,21-,22-,23-,24-,25-,26-,27-,28-,29+/m1/s1. The van der Waals surface area contributed by atoms with Crippen molar-refractivity contribution in [1.82, 2.24) is 0 Å². The lowest BCUT2D eigenvalue weighted by molar-refractivity contribution is -0.323. The van der Waals surface area contributed by atoms with Gasteiger partial charge in [0.2, 0.25) is 0 Å². The third-order valence-electron chi connectivity index (χ3n) is 9.72. The van der Waals surface area contributed by atoms with Crippen molar-refractivity contribution in [3.8, 4) is 0 Å². The molecule has 0 amide bonds. The fourth-order valence-electron chi connectivity index (χ4n) is 6.58. The van der Waals surface area contributed by atoms with E-state index in [2.05, 4.69) is 40.1 Å². The predicted molar refractivity (Wildman–Crippen MR) is 193 cm³/mol. The molecule has 0 saturated carbocycles. The second-order valence-electron chi connectivity index (χ2n) is 13.3. The summed E-state index contributed by atoms with van der Waals surface area (Å²) in [5, 5.41) is 108. The number of rotatable bonds is 19. The van der Waals surface area contributed by atoms with Crippen LogP contribution in [0.5, 0.6) is 0 Å². The molecule has 4 aliphatic heterocycles. The summed E-state index contributed by atoms with van der Waals surface area (Å²) in [4.78, 5) is 10.7. The quantitative estimate of drug-likeness (QED) is 0.0212. The summed E-state index contributed by atoms with van der Waals surface area (Å²) >= 11 is 1.22. The zero-order valence-corrected chi connectivity index (χ0v) is 31.8. The van der Waals surface area contributed by atoms with Gasteiger partial charge < -0.3 is 83.9 Å². The van der Waals surface area contributed by atoms with Gasteiger partial charge in [-0.15, -0.1) is 0 Å². The van der Waals surface area contributed by atoms with Gasteiger partial charge in [0.05, 0.1) is 50.8 Å². The maximum absolute atomic E-state index is 11.0. The molecule has 4 rings (SSSR count). The van der Waals surface area contributed by atoms with Crippen molar-refractivity contribution in [2.75, 3.05) is 45.0 Å². The Morgan fingerprint density at radius 1 is 0.559 bits per heavy atom. The summed E-state index contributed by atoms with van der Waals surface area (Å²) in [6.45, 7) is -2.20. The van der Waals surface area contributed by atoms with E-state index in [1.807, 2.05) is 0 Å². The van der Waals surface area contributed by atoms with E-state index in [-0.39, 0.29) is 18.1 Å². The van der Waals surface area contributed by atoms with Crippen molar-refractivity contribution in [1.29, 1.82) is 0 Å². The molecule has 0 aliphatic carbocycles. The molecule has 330 valence electrons. The van der Waals surface area contributed by atoms with Crippen LogP contribution in [-0.4, -0.2) is 214 Å². The van der Waals surface area contributed by atoms with Crippen molar-refractivity contribution in [2.24, 2.45) is 20.5 Å². The van der Waals surface area contributed by atoms with Crippen LogP contribution in [0.25, 0.3) is 41.8 Å². The number of methoxy groups -OCH3 is 1. The normalized spacial score (nSPS) is 42.5. The maximum Gasteiger partial charge on any atom is 0.169 e. The lowest BCUT2D eigenvalue weighted by Crippen LogP contribution is -2.64. The first-order valence-corrected chi connectivity index (χ1v) is 19.0. The third kappa shape index (κ3) is 11.7. The second kappa shape index (κ2) is 23.6. The Morgan fingerprint density at radius 3 is 1.59 bits per heavy atom. The highest BCUT2D eigenvalue weighted by Crippen LogP contribution is 2.33. The smallest absolute Gasteiger partial charge is 0.169 e. The fourth-order valence-corrected chi connectivity index (χ4v) is 7.50.